The molecule has 0 aliphatic rings. The van der Waals surface area contributed by atoms with E-state index in [2.05, 4.69) is 9.17 Å². The minimum absolute atomic E-state index is 0.00285. The summed E-state index contributed by atoms with van der Waals surface area (Å²) in [5, 5.41) is 21.6. The lowest BCUT2D eigenvalue weighted by Gasteiger charge is -2.20. The summed E-state index contributed by atoms with van der Waals surface area (Å²) in [4.78, 5) is 13.9. The largest absolute Gasteiger partial charge is 0.534 e. The fraction of sp³-hybridized carbons (Fsp3) is 0.357. The Morgan fingerprint density at radius 2 is 1.93 bits per heavy atom. The van der Waals surface area contributed by atoms with E-state index < -0.39 is 44.1 Å². The van der Waals surface area contributed by atoms with Gasteiger partial charge < -0.3 is 15.0 Å². The highest BCUT2D eigenvalue weighted by Crippen LogP contribution is 2.40. The van der Waals surface area contributed by atoms with E-state index >= 15 is 0 Å². The number of hydrogen-bond donors (Lipinski definition) is 2. The van der Waals surface area contributed by atoms with Crippen LogP contribution in [0.5, 0.6) is 5.88 Å². The van der Waals surface area contributed by atoms with Gasteiger partial charge in [0.25, 0.3) is 0 Å². The number of nitrogens with zero attached hydrogens (tertiary/aromatic N) is 2. The summed E-state index contributed by atoms with van der Waals surface area (Å²) in [5.74, 6) is -1.37. The van der Waals surface area contributed by atoms with Crippen molar-refractivity contribution in [2.75, 3.05) is 5.73 Å². The molecule has 13 heteroatoms. The molecule has 3 N–H and O–H groups in total. The van der Waals surface area contributed by atoms with Crippen LogP contribution in [0, 0.1) is 10.1 Å². The molecule has 0 saturated heterocycles. The Hall–Kier alpha value is -2.67. The lowest BCUT2D eigenvalue weighted by Crippen LogP contribution is -2.29. The van der Waals surface area contributed by atoms with Crippen molar-refractivity contribution in [3.05, 3.63) is 33.9 Å². The van der Waals surface area contributed by atoms with Gasteiger partial charge in [-0.25, -0.2) is 4.98 Å². The van der Waals surface area contributed by atoms with Gasteiger partial charge in [0.1, 0.15) is 0 Å². The van der Waals surface area contributed by atoms with Crippen LogP contribution in [0.1, 0.15) is 19.4 Å². The number of nitrogens with two attached hydrogens (primary N) is 1. The van der Waals surface area contributed by atoms with Crippen LogP contribution in [0.4, 0.5) is 24.5 Å². The molecule has 1 aromatic carbocycles. The van der Waals surface area contributed by atoms with Gasteiger partial charge in [-0.15, -0.1) is 0 Å². The number of nitro groups is 1. The normalized spacial score (nSPS) is 13.0. The molecule has 0 aliphatic heterocycles. The van der Waals surface area contributed by atoms with Crippen LogP contribution < -0.4 is 9.92 Å². The standard InChI is InChI=1S/C14H14F3N3O6S/c1-13(2,21)6-7-10-8(18)4-3-5-9(10)19-12(11(7)20(22)23)26-27(24,25)14(15,16)17/h3-5,21H,6,18H2,1-2H3. The molecule has 0 spiro atoms. The Morgan fingerprint density at radius 1 is 1.33 bits per heavy atom. The first kappa shape index (κ1) is 20.6. The van der Waals surface area contributed by atoms with E-state index in [1.807, 2.05) is 0 Å². The topological polar surface area (TPSA) is 146 Å². The van der Waals surface area contributed by atoms with Crippen LogP contribution in [-0.4, -0.2) is 34.5 Å². The Labute approximate surface area is 150 Å². The van der Waals surface area contributed by atoms with Crippen molar-refractivity contribution in [2.45, 2.75) is 31.4 Å². The van der Waals surface area contributed by atoms with E-state index in [1.54, 1.807) is 0 Å². The molecule has 148 valence electrons. The Kier molecular flexibility index (Phi) is 4.96. The van der Waals surface area contributed by atoms with Crippen LogP contribution in [0.2, 0.25) is 0 Å². The molecule has 0 aliphatic carbocycles. The molecule has 1 aromatic heterocycles. The lowest BCUT2D eigenvalue weighted by molar-refractivity contribution is -0.386. The second kappa shape index (κ2) is 6.49. The monoisotopic (exact) mass is 409 g/mol. The van der Waals surface area contributed by atoms with Crippen LogP contribution >= 0.6 is 0 Å². The summed E-state index contributed by atoms with van der Waals surface area (Å²) in [6.45, 7) is 2.60. The minimum atomic E-state index is -6.21. The number of rotatable bonds is 5. The van der Waals surface area contributed by atoms with Gasteiger partial charge in [-0.1, -0.05) is 6.07 Å². The summed E-state index contributed by atoms with van der Waals surface area (Å²) in [5.41, 5.74) is -3.11. The van der Waals surface area contributed by atoms with Gasteiger partial charge in [0.05, 0.1) is 21.6 Å². The van der Waals surface area contributed by atoms with Crippen molar-refractivity contribution >= 4 is 32.4 Å². The summed E-state index contributed by atoms with van der Waals surface area (Å²) >= 11 is 0. The van der Waals surface area contributed by atoms with Crippen LogP contribution in [0.15, 0.2) is 18.2 Å². The number of aliphatic hydroxyl groups is 1. The molecule has 0 unspecified atom stereocenters. The molecule has 2 aromatic rings. The third kappa shape index (κ3) is 4.19. The number of fused-ring (bicyclic) bond motifs is 1. The van der Waals surface area contributed by atoms with E-state index in [0.29, 0.717) is 0 Å². The molecule has 0 radical (unpaired) electrons. The van der Waals surface area contributed by atoms with Gasteiger partial charge in [0.15, 0.2) is 0 Å². The number of pyridine rings is 1. The first-order chi connectivity index (χ1) is 12.1. The Balaban J connectivity index is 2.90. The number of benzene rings is 1. The molecule has 1 heterocycles. The van der Waals surface area contributed by atoms with Gasteiger partial charge in [-0.2, -0.15) is 21.6 Å². The summed E-state index contributed by atoms with van der Waals surface area (Å²) in [7, 11) is -6.21. The fourth-order valence-electron chi connectivity index (χ4n) is 2.39. The highest BCUT2D eigenvalue weighted by atomic mass is 32.2. The van der Waals surface area contributed by atoms with E-state index in [1.165, 1.54) is 32.0 Å². The molecule has 27 heavy (non-hydrogen) atoms. The van der Waals surface area contributed by atoms with Gasteiger partial charge in [-0.3, -0.25) is 10.1 Å². The average Bonchev–Trinajstić information content (AvgIpc) is 2.43. The zero-order valence-electron chi connectivity index (χ0n) is 13.9. The number of nitrogen functional groups attached to an aromatic ring is 1. The maximum Gasteiger partial charge on any atom is 0.534 e. The number of halogens is 3. The lowest BCUT2D eigenvalue weighted by atomic mass is 9.94. The molecule has 0 saturated carbocycles. The molecule has 0 amide bonds. The van der Waals surface area contributed by atoms with Crippen molar-refractivity contribution in [2.24, 2.45) is 0 Å². The maximum atomic E-state index is 12.6. The zero-order chi connectivity index (χ0) is 20.8. The molecule has 0 bridgehead atoms. The smallest absolute Gasteiger partial charge is 0.398 e. The second-order valence-electron chi connectivity index (χ2n) is 6.22. The SMILES string of the molecule is CC(C)(O)Cc1c([N+](=O)[O-])c(OS(=O)(=O)C(F)(F)F)nc2cccc(N)c12. The molecular formula is C14H14F3N3O6S. The first-order valence-corrected chi connectivity index (χ1v) is 8.63. The van der Waals surface area contributed by atoms with Crippen LogP contribution in [0.3, 0.4) is 0 Å². The molecule has 0 fully saturated rings. The average molecular weight is 409 g/mol. The van der Waals surface area contributed by atoms with Crippen molar-refractivity contribution in [1.29, 1.82) is 0 Å². The Morgan fingerprint density at radius 3 is 2.41 bits per heavy atom. The zero-order valence-corrected chi connectivity index (χ0v) is 14.8. The van der Waals surface area contributed by atoms with Gasteiger partial charge in [-0.05, 0) is 26.0 Å². The Bertz CT molecular complexity index is 1020. The van der Waals surface area contributed by atoms with Crippen molar-refractivity contribution in [3.63, 3.8) is 0 Å². The third-order valence-corrected chi connectivity index (χ3v) is 4.30. The number of alkyl halides is 3. The van der Waals surface area contributed by atoms with Crippen molar-refractivity contribution in [1.82, 2.24) is 4.98 Å². The summed E-state index contributed by atoms with van der Waals surface area (Å²) < 4.78 is 64.5. The predicted molar refractivity (Wildman–Crippen MR) is 88.4 cm³/mol. The number of hydrogen-bond acceptors (Lipinski definition) is 8. The molecular weight excluding hydrogens is 395 g/mol. The van der Waals surface area contributed by atoms with Crippen LogP contribution in [0.25, 0.3) is 10.9 Å². The fourth-order valence-corrected chi connectivity index (χ4v) is 2.81. The van der Waals surface area contributed by atoms with Gasteiger partial charge >= 0.3 is 27.2 Å². The van der Waals surface area contributed by atoms with E-state index in [4.69, 9.17) is 5.73 Å². The van der Waals surface area contributed by atoms with E-state index in [0.717, 1.165) is 0 Å². The summed E-state index contributed by atoms with van der Waals surface area (Å²) in [6, 6.07) is 4.00. The van der Waals surface area contributed by atoms with E-state index in [-0.39, 0.29) is 22.2 Å². The van der Waals surface area contributed by atoms with E-state index in [9.17, 15) is 36.8 Å². The molecule has 2 rings (SSSR count). The van der Waals surface area contributed by atoms with Crippen molar-refractivity contribution in [3.8, 4) is 5.88 Å². The second-order valence-corrected chi connectivity index (χ2v) is 7.75. The van der Waals surface area contributed by atoms with Crippen LogP contribution in [-0.2, 0) is 16.5 Å². The highest BCUT2D eigenvalue weighted by Gasteiger charge is 2.50. The highest BCUT2D eigenvalue weighted by molar-refractivity contribution is 7.88. The number of anilines is 1. The molecule has 9 nitrogen and oxygen atoms in total. The van der Waals surface area contributed by atoms with Gasteiger partial charge in [0.2, 0.25) is 0 Å². The van der Waals surface area contributed by atoms with Crippen molar-refractivity contribution < 1.29 is 35.8 Å². The minimum Gasteiger partial charge on any atom is -0.398 e. The summed E-state index contributed by atoms with van der Waals surface area (Å²) in [6.07, 6.45) is -0.432. The number of aromatic nitrogens is 1. The first-order valence-electron chi connectivity index (χ1n) is 7.22. The van der Waals surface area contributed by atoms with Gasteiger partial charge in [0, 0.05) is 17.5 Å². The predicted octanol–water partition coefficient (Wildman–Crippen LogP) is 2.27. The third-order valence-electron chi connectivity index (χ3n) is 3.35. The quantitative estimate of drug-likeness (QED) is 0.251. The maximum absolute atomic E-state index is 12.6. The molecule has 0 atom stereocenters.